The van der Waals surface area contributed by atoms with Gasteiger partial charge in [0.25, 0.3) is 0 Å². The van der Waals surface area contributed by atoms with Crippen LogP contribution in [0.4, 0.5) is 11.4 Å². The fraction of sp³-hybridized carbons (Fsp3) is 0.364. The lowest BCUT2D eigenvalue weighted by Gasteiger charge is -2.20. The maximum absolute atomic E-state index is 12.7. The zero-order chi connectivity index (χ0) is 21.1. The molecule has 0 saturated carbocycles. The number of rotatable bonds is 6. The highest BCUT2D eigenvalue weighted by atomic mass is 16.5. The zero-order valence-corrected chi connectivity index (χ0v) is 17.4. The maximum Gasteiger partial charge on any atom is 0.229 e. The van der Waals surface area contributed by atoms with Gasteiger partial charge in [0.2, 0.25) is 17.6 Å². The van der Waals surface area contributed by atoms with Gasteiger partial charge < -0.3 is 24.4 Å². The Labute approximate surface area is 170 Å². The van der Waals surface area contributed by atoms with Crippen molar-refractivity contribution in [1.82, 2.24) is 0 Å². The Morgan fingerprint density at radius 1 is 1.00 bits per heavy atom. The Morgan fingerprint density at radius 3 is 2.21 bits per heavy atom. The van der Waals surface area contributed by atoms with Crippen molar-refractivity contribution in [2.45, 2.75) is 20.3 Å². The molecule has 0 spiro atoms. The van der Waals surface area contributed by atoms with E-state index in [4.69, 9.17) is 14.2 Å². The van der Waals surface area contributed by atoms with Crippen LogP contribution in [-0.4, -0.2) is 39.7 Å². The quantitative estimate of drug-likeness (QED) is 0.808. The zero-order valence-electron chi connectivity index (χ0n) is 17.4. The molecule has 0 aromatic heterocycles. The van der Waals surface area contributed by atoms with Crippen LogP contribution in [0.1, 0.15) is 17.5 Å². The van der Waals surface area contributed by atoms with E-state index in [-0.39, 0.29) is 24.8 Å². The summed E-state index contributed by atoms with van der Waals surface area (Å²) in [5, 5.41) is 2.92. The third-order valence-corrected chi connectivity index (χ3v) is 5.23. The predicted octanol–water partition coefficient (Wildman–Crippen LogP) is 3.32. The highest BCUT2D eigenvalue weighted by Crippen LogP contribution is 2.42. The van der Waals surface area contributed by atoms with Crippen LogP contribution in [0, 0.1) is 19.8 Å². The number of aryl methyl sites for hydroxylation is 2. The van der Waals surface area contributed by atoms with E-state index in [0.717, 1.165) is 16.8 Å². The molecule has 1 saturated heterocycles. The molecule has 154 valence electrons. The third kappa shape index (κ3) is 4.13. The van der Waals surface area contributed by atoms with Crippen molar-refractivity contribution < 1.29 is 23.8 Å². The van der Waals surface area contributed by atoms with Gasteiger partial charge in [-0.05, 0) is 37.1 Å². The Bertz CT molecular complexity index is 916. The molecule has 2 amide bonds. The highest BCUT2D eigenvalue weighted by molar-refractivity contribution is 6.03. The van der Waals surface area contributed by atoms with Gasteiger partial charge in [-0.2, -0.15) is 0 Å². The van der Waals surface area contributed by atoms with Gasteiger partial charge in [0.1, 0.15) is 0 Å². The van der Waals surface area contributed by atoms with Gasteiger partial charge in [-0.25, -0.2) is 0 Å². The topological polar surface area (TPSA) is 77.1 Å². The fourth-order valence-electron chi connectivity index (χ4n) is 3.42. The molecule has 1 unspecified atom stereocenters. The van der Waals surface area contributed by atoms with E-state index in [1.165, 1.54) is 21.3 Å². The Balaban J connectivity index is 1.79. The Hall–Kier alpha value is -3.22. The first-order chi connectivity index (χ1) is 13.9. The van der Waals surface area contributed by atoms with Crippen LogP contribution < -0.4 is 24.4 Å². The van der Waals surface area contributed by atoms with Gasteiger partial charge in [0.05, 0.1) is 32.9 Å². The number of hydrogen-bond donors (Lipinski definition) is 1. The summed E-state index contributed by atoms with van der Waals surface area (Å²) < 4.78 is 16.1. The summed E-state index contributed by atoms with van der Waals surface area (Å²) in [5.74, 6) is 0.629. The summed E-state index contributed by atoms with van der Waals surface area (Å²) in [5.41, 5.74) is 3.60. The van der Waals surface area contributed by atoms with Crippen LogP contribution in [0.5, 0.6) is 17.2 Å². The van der Waals surface area contributed by atoms with Gasteiger partial charge in [0.15, 0.2) is 11.5 Å². The molecule has 7 nitrogen and oxygen atoms in total. The van der Waals surface area contributed by atoms with Gasteiger partial charge in [0, 0.05) is 30.8 Å². The molecule has 0 aliphatic carbocycles. The van der Waals surface area contributed by atoms with E-state index in [0.29, 0.717) is 22.9 Å². The monoisotopic (exact) mass is 398 g/mol. The molecule has 1 fully saturated rings. The molecule has 3 rings (SSSR count). The van der Waals surface area contributed by atoms with Crippen molar-refractivity contribution in [3.05, 3.63) is 41.5 Å². The van der Waals surface area contributed by atoms with Crippen LogP contribution in [0.25, 0.3) is 0 Å². The van der Waals surface area contributed by atoms with E-state index >= 15 is 0 Å². The van der Waals surface area contributed by atoms with Crippen molar-refractivity contribution in [2.75, 3.05) is 38.1 Å². The number of ether oxygens (including phenoxy) is 3. The minimum Gasteiger partial charge on any atom is -0.493 e. The first-order valence-corrected chi connectivity index (χ1v) is 9.36. The van der Waals surface area contributed by atoms with Gasteiger partial charge in [-0.3, -0.25) is 9.59 Å². The smallest absolute Gasteiger partial charge is 0.229 e. The van der Waals surface area contributed by atoms with Crippen LogP contribution >= 0.6 is 0 Å². The number of amides is 2. The lowest BCUT2D eigenvalue weighted by atomic mass is 10.1. The molecule has 7 heteroatoms. The van der Waals surface area contributed by atoms with Crippen molar-refractivity contribution in [3.8, 4) is 17.2 Å². The van der Waals surface area contributed by atoms with Gasteiger partial charge in [-0.15, -0.1) is 0 Å². The summed E-state index contributed by atoms with van der Waals surface area (Å²) in [6.07, 6.45) is 0.146. The number of benzene rings is 2. The first-order valence-electron chi connectivity index (χ1n) is 9.36. The lowest BCUT2D eigenvalue weighted by Crippen LogP contribution is -2.28. The Kier molecular flexibility index (Phi) is 5.96. The molecule has 29 heavy (non-hydrogen) atoms. The average molecular weight is 398 g/mol. The summed E-state index contributed by atoms with van der Waals surface area (Å²) in [6.45, 7) is 4.30. The van der Waals surface area contributed by atoms with Crippen molar-refractivity contribution in [1.29, 1.82) is 0 Å². The minimum atomic E-state index is -0.441. The van der Waals surface area contributed by atoms with Crippen LogP contribution in [0.3, 0.4) is 0 Å². The van der Waals surface area contributed by atoms with Gasteiger partial charge >= 0.3 is 0 Å². The summed E-state index contributed by atoms with van der Waals surface area (Å²) in [4.78, 5) is 26.9. The van der Waals surface area contributed by atoms with E-state index in [9.17, 15) is 9.59 Å². The molecular weight excluding hydrogens is 372 g/mol. The standard InChI is InChI=1S/C22H26N2O5/c1-13-6-7-16(8-14(13)2)23-22(26)15-9-20(25)24(12-15)17-10-18(27-3)21(29-5)19(11-17)28-4/h6-8,10-11,15H,9,12H2,1-5H3,(H,23,26). The molecule has 0 bridgehead atoms. The van der Waals surface area contributed by atoms with Crippen LogP contribution in [-0.2, 0) is 9.59 Å². The summed E-state index contributed by atoms with van der Waals surface area (Å²) >= 11 is 0. The number of hydrogen-bond acceptors (Lipinski definition) is 5. The normalized spacial score (nSPS) is 16.0. The second-order valence-electron chi connectivity index (χ2n) is 7.08. The minimum absolute atomic E-state index is 0.125. The van der Waals surface area contributed by atoms with Crippen LogP contribution in [0.15, 0.2) is 30.3 Å². The Morgan fingerprint density at radius 2 is 1.66 bits per heavy atom. The maximum atomic E-state index is 12.7. The molecule has 1 N–H and O–H groups in total. The van der Waals surface area contributed by atoms with Crippen molar-refractivity contribution >= 4 is 23.2 Å². The molecule has 1 aliphatic rings. The molecule has 2 aromatic carbocycles. The second kappa shape index (κ2) is 8.43. The number of carbonyl (C=O) groups excluding carboxylic acids is 2. The first kappa shape index (κ1) is 20.5. The molecular formula is C22H26N2O5. The fourth-order valence-corrected chi connectivity index (χ4v) is 3.42. The largest absolute Gasteiger partial charge is 0.493 e. The summed E-state index contributed by atoms with van der Waals surface area (Å²) in [6, 6.07) is 9.19. The summed E-state index contributed by atoms with van der Waals surface area (Å²) in [7, 11) is 4.56. The number of nitrogens with zero attached hydrogens (tertiary/aromatic N) is 1. The molecule has 1 atom stereocenters. The third-order valence-electron chi connectivity index (χ3n) is 5.23. The molecule has 2 aromatic rings. The number of anilines is 2. The van der Waals surface area contributed by atoms with E-state index in [1.807, 2.05) is 32.0 Å². The molecule has 1 aliphatic heterocycles. The average Bonchev–Trinajstić information content (AvgIpc) is 3.11. The number of carbonyl (C=O) groups is 2. The van der Waals surface area contributed by atoms with Crippen LogP contribution in [0.2, 0.25) is 0 Å². The van der Waals surface area contributed by atoms with E-state index < -0.39 is 5.92 Å². The molecule has 1 heterocycles. The van der Waals surface area contributed by atoms with Gasteiger partial charge in [-0.1, -0.05) is 6.07 Å². The lowest BCUT2D eigenvalue weighted by molar-refractivity contribution is -0.122. The number of methoxy groups -OCH3 is 3. The predicted molar refractivity (Wildman–Crippen MR) is 111 cm³/mol. The molecule has 0 radical (unpaired) electrons. The van der Waals surface area contributed by atoms with Crippen molar-refractivity contribution in [2.24, 2.45) is 5.92 Å². The number of nitrogens with one attached hydrogen (secondary N) is 1. The SMILES string of the molecule is COc1cc(N2CC(C(=O)Nc3ccc(C)c(C)c3)CC2=O)cc(OC)c1OC. The van der Waals surface area contributed by atoms with Crippen molar-refractivity contribution in [3.63, 3.8) is 0 Å². The van der Waals surface area contributed by atoms with E-state index in [2.05, 4.69) is 5.32 Å². The highest BCUT2D eigenvalue weighted by Gasteiger charge is 2.36. The van der Waals surface area contributed by atoms with E-state index in [1.54, 1.807) is 17.0 Å². The second-order valence-corrected chi connectivity index (χ2v) is 7.08.